The summed E-state index contributed by atoms with van der Waals surface area (Å²) >= 11 is 0. The summed E-state index contributed by atoms with van der Waals surface area (Å²) in [5.74, 6) is 2.76. The summed E-state index contributed by atoms with van der Waals surface area (Å²) in [4.78, 5) is 0. The molecule has 1 saturated carbocycles. The molecule has 1 saturated heterocycles. The van der Waals surface area contributed by atoms with E-state index in [1.54, 1.807) is 0 Å². The first kappa shape index (κ1) is 12.7. The van der Waals surface area contributed by atoms with Crippen molar-refractivity contribution in [2.24, 2.45) is 11.8 Å². The fourth-order valence-electron chi connectivity index (χ4n) is 3.55. The van der Waals surface area contributed by atoms with Crippen LogP contribution >= 0.6 is 0 Å². The summed E-state index contributed by atoms with van der Waals surface area (Å²) in [6.07, 6.45) is 8.78. The maximum absolute atomic E-state index is 5.67. The lowest BCUT2D eigenvalue weighted by Crippen LogP contribution is -2.23. The average Bonchev–Trinajstić information content (AvgIpc) is 3.02. The van der Waals surface area contributed by atoms with Gasteiger partial charge in [-0.15, -0.1) is 0 Å². The number of hydrogen-bond donors (Lipinski definition) is 1. The Labute approximate surface area is 115 Å². The van der Waals surface area contributed by atoms with Gasteiger partial charge in [-0.25, -0.2) is 0 Å². The van der Waals surface area contributed by atoms with Gasteiger partial charge in [-0.1, -0.05) is 36.8 Å². The van der Waals surface area contributed by atoms with E-state index >= 15 is 0 Å². The van der Waals surface area contributed by atoms with E-state index in [1.807, 2.05) is 19.1 Å². The minimum absolute atomic E-state index is 0.558. The highest BCUT2D eigenvalue weighted by Crippen LogP contribution is 2.38. The molecule has 0 aromatic heterocycles. The van der Waals surface area contributed by atoms with Crippen LogP contribution in [0.2, 0.25) is 0 Å². The van der Waals surface area contributed by atoms with Crippen LogP contribution in [0.5, 0.6) is 5.75 Å². The summed E-state index contributed by atoms with van der Waals surface area (Å²) < 4.78 is 5.67. The van der Waals surface area contributed by atoms with E-state index in [-0.39, 0.29) is 0 Å². The van der Waals surface area contributed by atoms with Gasteiger partial charge in [-0.05, 0) is 44.2 Å². The van der Waals surface area contributed by atoms with Gasteiger partial charge < -0.3 is 10.1 Å². The molecule has 1 N–H and O–H groups in total. The van der Waals surface area contributed by atoms with Crippen LogP contribution < -0.4 is 10.1 Å². The molecule has 19 heavy (non-hydrogen) atoms. The van der Waals surface area contributed by atoms with E-state index in [1.165, 1.54) is 31.4 Å². The van der Waals surface area contributed by atoms with Crippen molar-refractivity contribution in [1.82, 2.24) is 5.32 Å². The van der Waals surface area contributed by atoms with E-state index in [4.69, 9.17) is 4.74 Å². The molecule has 3 atom stereocenters. The Kier molecular flexibility index (Phi) is 3.88. The van der Waals surface area contributed by atoms with Crippen LogP contribution in [0.25, 0.3) is 6.08 Å². The predicted octanol–water partition coefficient (Wildman–Crippen LogP) is 3.49. The highest BCUT2D eigenvalue weighted by molar-refractivity contribution is 5.57. The Morgan fingerprint density at radius 1 is 1.32 bits per heavy atom. The summed E-state index contributed by atoms with van der Waals surface area (Å²) in [6.45, 7) is 3.95. The smallest absolute Gasteiger partial charge is 0.126 e. The van der Waals surface area contributed by atoms with Gasteiger partial charge >= 0.3 is 0 Å². The van der Waals surface area contributed by atoms with Crippen molar-refractivity contribution in [2.75, 3.05) is 13.2 Å². The second-order valence-electron chi connectivity index (χ2n) is 5.62. The zero-order chi connectivity index (χ0) is 13.1. The van der Waals surface area contributed by atoms with Gasteiger partial charge in [-0.2, -0.15) is 0 Å². The zero-order valence-corrected chi connectivity index (χ0v) is 11.6. The van der Waals surface area contributed by atoms with Crippen LogP contribution in [0, 0.1) is 11.8 Å². The molecule has 1 heterocycles. The minimum Gasteiger partial charge on any atom is -0.493 e. The van der Waals surface area contributed by atoms with E-state index in [9.17, 15) is 0 Å². The average molecular weight is 257 g/mol. The molecule has 1 aliphatic heterocycles. The summed E-state index contributed by atoms with van der Waals surface area (Å²) in [5, 5.41) is 3.65. The lowest BCUT2D eigenvalue weighted by molar-refractivity contribution is 0.339. The van der Waals surface area contributed by atoms with Crippen LogP contribution in [-0.2, 0) is 0 Å². The molecular formula is C17H23NO. The van der Waals surface area contributed by atoms with Crippen LogP contribution in [0.1, 0.15) is 31.7 Å². The van der Waals surface area contributed by atoms with Crippen molar-refractivity contribution in [1.29, 1.82) is 0 Å². The maximum Gasteiger partial charge on any atom is 0.126 e. The molecule has 0 bridgehead atoms. The molecule has 3 unspecified atom stereocenters. The Morgan fingerprint density at radius 3 is 3.11 bits per heavy atom. The topological polar surface area (TPSA) is 21.3 Å². The summed E-state index contributed by atoms with van der Waals surface area (Å²) in [7, 11) is 0. The van der Waals surface area contributed by atoms with Crippen LogP contribution in [0.4, 0.5) is 0 Å². The minimum atomic E-state index is 0.558. The lowest BCUT2D eigenvalue weighted by atomic mass is 9.93. The van der Waals surface area contributed by atoms with Crippen molar-refractivity contribution < 1.29 is 4.74 Å². The number of nitrogens with one attached hydrogen (secondary N) is 1. The molecule has 0 amide bonds. The number of rotatable bonds is 4. The molecule has 2 aliphatic rings. The first-order valence-electron chi connectivity index (χ1n) is 7.52. The van der Waals surface area contributed by atoms with E-state index in [0.29, 0.717) is 6.04 Å². The van der Waals surface area contributed by atoms with Gasteiger partial charge in [0.05, 0.1) is 6.61 Å². The van der Waals surface area contributed by atoms with Crippen molar-refractivity contribution in [2.45, 2.75) is 32.2 Å². The van der Waals surface area contributed by atoms with Gasteiger partial charge in [0, 0.05) is 11.6 Å². The quantitative estimate of drug-likeness (QED) is 0.891. The van der Waals surface area contributed by atoms with Crippen LogP contribution in [0.3, 0.4) is 0 Å². The third-order valence-electron chi connectivity index (χ3n) is 4.50. The first-order chi connectivity index (χ1) is 9.38. The van der Waals surface area contributed by atoms with Gasteiger partial charge in [0.2, 0.25) is 0 Å². The molecule has 2 heteroatoms. The summed E-state index contributed by atoms with van der Waals surface area (Å²) in [6, 6.07) is 8.83. The van der Waals surface area contributed by atoms with E-state index in [0.717, 1.165) is 24.2 Å². The van der Waals surface area contributed by atoms with Gasteiger partial charge in [-0.3, -0.25) is 0 Å². The van der Waals surface area contributed by atoms with Gasteiger partial charge in [0.25, 0.3) is 0 Å². The van der Waals surface area contributed by atoms with Gasteiger partial charge in [0.1, 0.15) is 5.75 Å². The van der Waals surface area contributed by atoms with E-state index in [2.05, 4.69) is 29.6 Å². The third-order valence-corrected chi connectivity index (χ3v) is 4.50. The number of fused-ring (bicyclic) bond motifs is 1. The fraction of sp³-hybridized carbons (Fsp3) is 0.529. The summed E-state index contributed by atoms with van der Waals surface area (Å²) in [5.41, 5.74) is 1.19. The molecule has 3 rings (SSSR count). The predicted molar refractivity (Wildman–Crippen MR) is 79.3 cm³/mol. The van der Waals surface area contributed by atoms with Gasteiger partial charge in [0.15, 0.2) is 0 Å². The normalized spacial score (nSPS) is 29.8. The second-order valence-corrected chi connectivity index (χ2v) is 5.62. The Bertz CT molecular complexity index is 454. The molecular weight excluding hydrogens is 234 g/mol. The number of hydrogen-bond acceptors (Lipinski definition) is 2. The Morgan fingerprint density at radius 2 is 2.21 bits per heavy atom. The number of ether oxygens (including phenoxy) is 1. The first-order valence-corrected chi connectivity index (χ1v) is 7.52. The highest BCUT2D eigenvalue weighted by Gasteiger charge is 2.37. The number of para-hydroxylation sites is 1. The van der Waals surface area contributed by atoms with Crippen molar-refractivity contribution in [3.05, 3.63) is 35.9 Å². The van der Waals surface area contributed by atoms with Crippen LogP contribution in [0.15, 0.2) is 30.3 Å². The Balaban J connectivity index is 1.72. The second kappa shape index (κ2) is 5.79. The lowest BCUT2D eigenvalue weighted by Gasteiger charge is -2.14. The molecule has 0 radical (unpaired) electrons. The molecule has 1 aromatic rings. The zero-order valence-electron chi connectivity index (χ0n) is 11.6. The largest absolute Gasteiger partial charge is 0.493 e. The number of benzene rings is 1. The third kappa shape index (κ3) is 2.69. The SMILES string of the molecule is CCOc1ccccc1/C=C/C1NCC2CCCC21. The maximum atomic E-state index is 5.67. The standard InChI is InChI=1S/C17H23NO/c1-2-19-17-9-4-3-6-13(17)10-11-16-15-8-5-7-14(15)12-18-16/h3-4,6,9-11,14-16,18H,2,5,7-8,12H2,1H3/b11-10+. The Hall–Kier alpha value is -1.28. The highest BCUT2D eigenvalue weighted by atomic mass is 16.5. The molecule has 1 aromatic carbocycles. The monoisotopic (exact) mass is 257 g/mol. The van der Waals surface area contributed by atoms with E-state index < -0.39 is 0 Å². The molecule has 2 fully saturated rings. The molecule has 1 aliphatic carbocycles. The molecule has 0 spiro atoms. The van der Waals surface area contributed by atoms with Crippen molar-refractivity contribution in [3.63, 3.8) is 0 Å². The molecule has 102 valence electrons. The fourth-order valence-corrected chi connectivity index (χ4v) is 3.55. The van der Waals surface area contributed by atoms with Crippen LogP contribution in [-0.4, -0.2) is 19.2 Å². The molecule has 2 nitrogen and oxygen atoms in total. The van der Waals surface area contributed by atoms with Crippen molar-refractivity contribution >= 4 is 6.08 Å². The van der Waals surface area contributed by atoms with Crippen molar-refractivity contribution in [3.8, 4) is 5.75 Å².